The Hall–Kier alpha value is -3.41. The van der Waals surface area contributed by atoms with Gasteiger partial charge >= 0.3 is 0 Å². The number of carbonyl (C=O) groups excluding carboxylic acids is 1. The first-order chi connectivity index (χ1) is 11.7. The van der Waals surface area contributed by atoms with Gasteiger partial charge in [-0.2, -0.15) is 9.78 Å². The molecule has 0 atom stereocenters. The molecule has 4 rings (SSSR count). The number of aromatic amines is 1. The van der Waals surface area contributed by atoms with E-state index in [-0.39, 0.29) is 16.8 Å². The number of hydrogen-bond acceptors (Lipinski definition) is 4. The monoisotopic (exact) mass is 319 g/mol. The molecule has 0 radical (unpaired) electrons. The number of fused-ring (bicyclic) bond motifs is 1. The smallest absolute Gasteiger partial charge is 0.221 e. The fraction of sp³-hybridized carbons (Fsp3) is 0.0556. The molecule has 4 aromatic rings. The highest BCUT2D eigenvalue weighted by atomic mass is 16.3. The van der Waals surface area contributed by atoms with Gasteiger partial charge in [0.15, 0.2) is 5.78 Å². The molecule has 3 heterocycles. The molecule has 1 N–H and O–H groups in total. The third-order valence-corrected chi connectivity index (χ3v) is 3.88. The maximum atomic E-state index is 12.8. The first kappa shape index (κ1) is 14.2. The summed E-state index contributed by atoms with van der Waals surface area (Å²) < 4.78 is 6.86. The van der Waals surface area contributed by atoms with E-state index in [1.165, 1.54) is 17.1 Å². The number of nitrogens with one attached hydrogen (secondary N) is 1. The predicted octanol–water partition coefficient (Wildman–Crippen LogP) is 2.85. The van der Waals surface area contributed by atoms with E-state index in [1.807, 2.05) is 6.07 Å². The lowest BCUT2D eigenvalue weighted by Gasteiger charge is -2.02. The van der Waals surface area contributed by atoms with Gasteiger partial charge in [0, 0.05) is 17.8 Å². The number of aryl methyl sites for hydroxylation is 1. The van der Waals surface area contributed by atoms with Crippen LogP contribution in [0.4, 0.5) is 0 Å². The maximum Gasteiger partial charge on any atom is 0.221 e. The zero-order valence-corrected chi connectivity index (χ0v) is 12.8. The van der Waals surface area contributed by atoms with E-state index >= 15 is 0 Å². The molecule has 0 aliphatic rings. The van der Waals surface area contributed by atoms with E-state index in [1.54, 1.807) is 43.3 Å². The van der Waals surface area contributed by atoms with Gasteiger partial charge in [-0.05, 0) is 13.0 Å². The Kier molecular flexibility index (Phi) is 3.16. The number of hydrogen-bond donors (Lipinski definition) is 1. The molecule has 0 saturated heterocycles. The Balaban J connectivity index is 1.92. The first-order valence-corrected chi connectivity index (χ1v) is 7.41. The average molecular weight is 319 g/mol. The molecule has 0 aliphatic carbocycles. The highest BCUT2D eigenvalue weighted by molar-refractivity contribution is 6.10. The lowest BCUT2D eigenvalue weighted by Crippen LogP contribution is -2.17. The van der Waals surface area contributed by atoms with Gasteiger partial charge in [0.1, 0.15) is 5.65 Å². The van der Waals surface area contributed by atoms with Crippen molar-refractivity contribution in [2.75, 3.05) is 0 Å². The van der Waals surface area contributed by atoms with Crippen molar-refractivity contribution in [3.8, 4) is 5.88 Å². The fourth-order valence-electron chi connectivity index (χ4n) is 2.74. The molecule has 0 unspecified atom stereocenters. The van der Waals surface area contributed by atoms with Crippen LogP contribution in [0.1, 0.15) is 21.6 Å². The maximum absolute atomic E-state index is 12.8. The topological polar surface area (TPSA) is 80.9 Å². The van der Waals surface area contributed by atoms with Gasteiger partial charge in [0.2, 0.25) is 11.3 Å². The second-order valence-electron chi connectivity index (χ2n) is 5.40. The van der Waals surface area contributed by atoms with E-state index < -0.39 is 0 Å². The molecule has 118 valence electrons. The zero-order chi connectivity index (χ0) is 16.7. The van der Waals surface area contributed by atoms with Crippen LogP contribution < -0.4 is 5.43 Å². The summed E-state index contributed by atoms with van der Waals surface area (Å²) >= 11 is 0. The van der Waals surface area contributed by atoms with Crippen LogP contribution in [0.25, 0.3) is 16.9 Å². The summed E-state index contributed by atoms with van der Waals surface area (Å²) in [4.78, 5) is 28.4. The van der Waals surface area contributed by atoms with Crippen molar-refractivity contribution in [1.29, 1.82) is 0 Å². The molecule has 3 aromatic heterocycles. The summed E-state index contributed by atoms with van der Waals surface area (Å²) in [5.41, 5.74) is 1.25. The van der Waals surface area contributed by atoms with Crippen LogP contribution in [0.3, 0.4) is 0 Å². The standard InChI is InChI=1S/C18H13N3O3/c1-11-15-17(23)13(16(22)12-6-3-2-4-7-12)10-19-18(15)21(20-11)14-8-5-9-24-14/h2-10H,1H3,(H,19,23). The van der Waals surface area contributed by atoms with Crippen LogP contribution in [-0.4, -0.2) is 20.5 Å². The van der Waals surface area contributed by atoms with Crippen molar-refractivity contribution in [1.82, 2.24) is 14.8 Å². The van der Waals surface area contributed by atoms with E-state index in [4.69, 9.17) is 4.42 Å². The van der Waals surface area contributed by atoms with Crippen LogP contribution in [0.15, 0.2) is 64.1 Å². The molecule has 0 spiro atoms. The molecule has 0 saturated carbocycles. The van der Waals surface area contributed by atoms with E-state index in [9.17, 15) is 9.59 Å². The van der Waals surface area contributed by atoms with Crippen molar-refractivity contribution in [2.45, 2.75) is 6.92 Å². The Morgan fingerprint density at radius 3 is 2.67 bits per heavy atom. The number of rotatable bonds is 3. The van der Waals surface area contributed by atoms with E-state index in [0.29, 0.717) is 28.2 Å². The zero-order valence-electron chi connectivity index (χ0n) is 12.8. The highest BCUT2D eigenvalue weighted by Crippen LogP contribution is 2.18. The third kappa shape index (κ3) is 2.08. The third-order valence-electron chi connectivity index (χ3n) is 3.88. The molecule has 0 aliphatic heterocycles. The van der Waals surface area contributed by atoms with Gasteiger partial charge in [-0.25, -0.2) is 0 Å². The second kappa shape index (κ2) is 5.34. The average Bonchev–Trinajstić information content (AvgIpc) is 3.24. The molecule has 0 fully saturated rings. The molecular formula is C18H13N3O3. The molecule has 6 heteroatoms. The molecule has 0 bridgehead atoms. The van der Waals surface area contributed by atoms with Gasteiger partial charge < -0.3 is 9.40 Å². The van der Waals surface area contributed by atoms with Crippen molar-refractivity contribution in [3.63, 3.8) is 0 Å². The van der Waals surface area contributed by atoms with Gasteiger partial charge in [-0.15, -0.1) is 0 Å². The molecule has 1 aromatic carbocycles. The molecule has 24 heavy (non-hydrogen) atoms. The summed E-state index contributed by atoms with van der Waals surface area (Å²) in [5, 5.41) is 4.73. The van der Waals surface area contributed by atoms with Crippen LogP contribution in [0, 0.1) is 6.92 Å². The van der Waals surface area contributed by atoms with Crippen LogP contribution >= 0.6 is 0 Å². The largest absolute Gasteiger partial charge is 0.447 e. The van der Waals surface area contributed by atoms with E-state index in [0.717, 1.165) is 0 Å². The summed E-state index contributed by atoms with van der Waals surface area (Å²) in [6.45, 7) is 1.73. The number of furan rings is 1. The summed E-state index contributed by atoms with van der Waals surface area (Å²) in [6, 6.07) is 12.2. The number of nitrogens with zero attached hydrogens (tertiary/aromatic N) is 2. The van der Waals surface area contributed by atoms with Crippen LogP contribution in [0.5, 0.6) is 0 Å². The number of H-pyrrole nitrogens is 1. The Morgan fingerprint density at radius 2 is 1.96 bits per heavy atom. The molecule has 0 amide bonds. The minimum Gasteiger partial charge on any atom is -0.447 e. The first-order valence-electron chi connectivity index (χ1n) is 7.41. The quantitative estimate of drug-likeness (QED) is 0.589. The van der Waals surface area contributed by atoms with Gasteiger partial charge in [-0.3, -0.25) is 9.59 Å². The van der Waals surface area contributed by atoms with Crippen LogP contribution in [-0.2, 0) is 0 Å². The number of aromatic nitrogens is 3. The molecular weight excluding hydrogens is 306 g/mol. The van der Waals surface area contributed by atoms with E-state index in [2.05, 4.69) is 10.1 Å². The Labute approximate surface area is 136 Å². The van der Waals surface area contributed by atoms with Gasteiger partial charge in [-0.1, -0.05) is 30.3 Å². The van der Waals surface area contributed by atoms with Gasteiger partial charge in [0.25, 0.3) is 0 Å². The number of ketones is 1. The number of carbonyl (C=O) groups is 1. The van der Waals surface area contributed by atoms with Crippen molar-refractivity contribution in [3.05, 3.63) is 82.0 Å². The lowest BCUT2D eigenvalue weighted by atomic mass is 10.0. The van der Waals surface area contributed by atoms with Gasteiger partial charge in [0.05, 0.1) is 22.9 Å². The van der Waals surface area contributed by atoms with Crippen molar-refractivity contribution >= 4 is 16.8 Å². The highest BCUT2D eigenvalue weighted by Gasteiger charge is 2.20. The van der Waals surface area contributed by atoms with Crippen LogP contribution in [0.2, 0.25) is 0 Å². The number of benzene rings is 1. The SMILES string of the molecule is Cc1nn(-c2ccco2)c2[nH]cc(C(=O)c3ccccc3)c(=O)c12. The Bertz CT molecular complexity index is 1090. The summed E-state index contributed by atoms with van der Waals surface area (Å²) in [7, 11) is 0. The minimum absolute atomic E-state index is 0.0933. The second-order valence-corrected chi connectivity index (χ2v) is 5.40. The lowest BCUT2D eigenvalue weighted by molar-refractivity contribution is 0.103. The van der Waals surface area contributed by atoms with Crippen molar-refractivity contribution < 1.29 is 9.21 Å². The molecule has 6 nitrogen and oxygen atoms in total. The minimum atomic E-state index is -0.340. The normalized spacial score (nSPS) is 11.0. The Morgan fingerprint density at radius 1 is 1.17 bits per heavy atom. The fourth-order valence-corrected chi connectivity index (χ4v) is 2.74. The number of pyridine rings is 1. The predicted molar refractivity (Wildman–Crippen MR) is 88.6 cm³/mol. The summed E-state index contributed by atoms with van der Waals surface area (Å²) in [6.07, 6.45) is 2.96. The van der Waals surface area contributed by atoms with Crippen molar-refractivity contribution in [2.24, 2.45) is 0 Å². The summed E-state index contributed by atoms with van der Waals surface area (Å²) in [5.74, 6) is 0.176.